The Morgan fingerprint density at radius 1 is 1.38 bits per heavy atom. The summed E-state index contributed by atoms with van der Waals surface area (Å²) in [5, 5.41) is 15.6. The number of aryl methyl sites for hydroxylation is 3. The first-order valence-electron chi connectivity index (χ1n) is 6.97. The molecule has 0 aliphatic rings. The summed E-state index contributed by atoms with van der Waals surface area (Å²) in [6.07, 6.45) is 0.281. The highest BCUT2D eigenvalue weighted by Crippen LogP contribution is 2.31. The first kappa shape index (κ1) is 16.0. The molecule has 0 saturated heterocycles. The van der Waals surface area contributed by atoms with Crippen LogP contribution in [0.1, 0.15) is 36.4 Å². The molecule has 0 radical (unpaired) electrons. The molecule has 1 unspecified atom stereocenters. The van der Waals surface area contributed by atoms with Gasteiger partial charge in [-0.3, -0.25) is 4.68 Å². The van der Waals surface area contributed by atoms with Crippen molar-refractivity contribution in [3.05, 3.63) is 51.6 Å². The van der Waals surface area contributed by atoms with Crippen LogP contribution in [-0.4, -0.2) is 14.9 Å². The average Bonchev–Trinajstić information content (AvgIpc) is 2.69. The molecule has 1 N–H and O–H groups in total. The van der Waals surface area contributed by atoms with Crippen molar-refractivity contribution in [1.82, 2.24) is 9.78 Å². The summed E-state index contributed by atoms with van der Waals surface area (Å²) in [6, 6.07) is 4.79. The summed E-state index contributed by atoms with van der Waals surface area (Å²) >= 11 is 6.27. The third-order valence-corrected chi connectivity index (χ3v) is 4.25. The summed E-state index contributed by atoms with van der Waals surface area (Å²) in [7, 11) is 0. The molecule has 0 bridgehead atoms. The van der Waals surface area contributed by atoms with E-state index in [0.29, 0.717) is 22.7 Å². The lowest BCUT2D eigenvalue weighted by Gasteiger charge is -2.25. The van der Waals surface area contributed by atoms with Gasteiger partial charge in [0.25, 0.3) is 0 Å². The molecule has 2 rings (SSSR count). The second-order valence-electron chi connectivity index (χ2n) is 5.58. The van der Waals surface area contributed by atoms with Crippen LogP contribution in [-0.2, 0) is 18.6 Å². The molecular weight excluding hydrogens is 291 g/mol. The molecular formula is C16H20ClFN2O. The monoisotopic (exact) mass is 310 g/mol. The zero-order chi connectivity index (χ0) is 15.8. The van der Waals surface area contributed by atoms with Crippen LogP contribution in [0.25, 0.3) is 0 Å². The highest BCUT2D eigenvalue weighted by atomic mass is 35.5. The van der Waals surface area contributed by atoms with E-state index in [4.69, 9.17) is 11.6 Å². The molecule has 1 heterocycles. The second kappa shape index (κ2) is 5.78. The van der Waals surface area contributed by atoms with Crippen molar-refractivity contribution in [3.8, 4) is 0 Å². The van der Waals surface area contributed by atoms with E-state index in [1.165, 1.54) is 6.07 Å². The van der Waals surface area contributed by atoms with Gasteiger partial charge in [0.2, 0.25) is 0 Å². The molecule has 3 nitrogen and oxygen atoms in total. The summed E-state index contributed by atoms with van der Waals surface area (Å²) < 4.78 is 15.5. The van der Waals surface area contributed by atoms with Crippen molar-refractivity contribution in [1.29, 1.82) is 0 Å². The molecule has 1 aromatic heterocycles. The quantitative estimate of drug-likeness (QED) is 0.933. The van der Waals surface area contributed by atoms with Crippen LogP contribution >= 0.6 is 11.6 Å². The summed E-state index contributed by atoms with van der Waals surface area (Å²) in [4.78, 5) is 0. The highest BCUT2D eigenvalue weighted by molar-refractivity contribution is 6.31. The Hall–Kier alpha value is -1.39. The van der Waals surface area contributed by atoms with Gasteiger partial charge in [0, 0.05) is 13.0 Å². The van der Waals surface area contributed by atoms with E-state index in [9.17, 15) is 9.50 Å². The average molecular weight is 311 g/mol. The normalized spacial score (nSPS) is 14.2. The van der Waals surface area contributed by atoms with Crippen molar-refractivity contribution < 1.29 is 9.50 Å². The predicted molar refractivity (Wildman–Crippen MR) is 82.1 cm³/mol. The van der Waals surface area contributed by atoms with Crippen molar-refractivity contribution in [3.63, 3.8) is 0 Å². The van der Waals surface area contributed by atoms with Crippen molar-refractivity contribution in [2.24, 2.45) is 0 Å². The van der Waals surface area contributed by atoms with Gasteiger partial charge in [-0.1, -0.05) is 23.7 Å². The minimum atomic E-state index is -1.21. The van der Waals surface area contributed by atoms with Crippen LogP contribution in [0.4, 0.5) is 4.39 Å². The third kappa shape index (κ3) is 3.11. The van der Waals surface area contributed by atoms with Gasteiger partial charge in [0.05, 0.1) is 22.0 Å². The zero-order valence-corrected chi connectivity index (χ0v) is 13.5. The standard InChI is InChI=1S/C16H20ClFN2O/c1-5-20-14(15(17)11(3)19-20)9-16(4,21)12-7-6-10(2)13(18)8-12/h6-8,21H,5,9H2,1-4H3. The Balaban J connectivity index is 2.39. The fourth-order valence-corrected chi connectivity index (χ4v) is 2.60. The lowest BCUT2D eigenvalue weighted by molar-refractivity contribution is 0.0550. The maximum atomic E-state index is 13.7. The molecule has 1 atom stereocenters. The summed E-state index contributed by atoms with van der Waals surface area (Å²) in [5.74, 6) is -0.320. The van der Waals surface area contributed by atoms with E-state index >= 15 is 0 Å². The van der Waals surface area contributed by atoms with E-state index in [1.54, 1.807) is 30.7 Å². The number of nitrogens with zero attached hydrogens (tertiary/aromatic N) is 2. The van der Waals surface area contributed by atoms with Crippen LogP contribution in [0.5, 0.6) is 0 Å². The van der Waals surface area contributed by atoms with E-state index in [1.807, 2.05) is 13.8 Å². The van der Waals surface area contributed by atoms with Crippen LogP contribution < -0.4 is 0 Å². The predicted octanol–water partition coefficient (Wildman–Crippen LogP) is 3.76. The number of hydrogen-bond acceptors (Lipinski definition) is 2. The van der Waals surface area contributed by atoms with E-state index in [0.717, 1.165) is 11.4 Å². The molecule has 0 fully saturated rings. The number of aliphatic hydroxyl groups is 1. The lowest BCUT2D eigenvalue weighted by Crippen LogP contribution is -2.26. The van der Waals surface area contributed by atoms with Gasteiger partial charge in [0.1, 0.15) is 5.82 Å². The van der Waals surface area contributed by atoms with Gasteiger partial charge in [-0.25, -0.2) is 4.39 Å². The first-order valence-corrected chi connectivity index (χ1v) is 7.35. The van der Waals surface area contributed by atoms with E-state index in [2.05, 4.69) is 5.10 Å². The van der Waals surface area contributed by atoms with Gasteiger partial charge in [-0.2, -0.15) is 5.10 Å². The van der Waals surface area contributed by atoms with Gasteiger partial charge in [-0.05, 0) is 44.9 Å². The minimum absolute atomic E-state index is 0.281. The van der Waals surface area contributed by atoms with Crippen LogP contribution in [0.3, 0.4) is 0 Å². The van der Waals surface area contributed by atoms with Gasteiger partial charge >= 0.3 is 0 Å². The van der Waals surface area contributed by atoms with Crippen molar-refractivity contribution in [2.75, 3.05) is 0 Å². The Morgan fingerprint density at radius 2 is 2.05 bits per heavy atom. The second-order valence-corrected chi connectivity index (χ2v) is 5.95. The number of benzene rings is 1. The summed E-state index contributed by atoms with van der Waals surface area (Å²) in [6.45, 7) is 7.82. The molecule has 0 spiro atoms. The highest BCUT2D eigenvalue weighted by Gasteiger charge is 2.28. The molecule has 0 saturated carbocycles. The molecule has 0 aliphatic heterocycles. The molecule has 0 amide bonds. The number of hydrogen-bond donors (Lipinski definition) is 1. The largest absolute Gasteiger partial charge is 0.385 e. The van der Waals surface area contributed by atoms with Crippen molar-refractivity contribution in [2.45, 2.75) is 46.3 Å². The third-order valence-electron chi connectivity index (χ3n) is 3.76. The number of aromatic nitrogens is 2. The number of halogens is 2. The number of rotatable bonds is 4. The fourth-order valence-electron chi connectivity index (χ4n) is 2.39. The van der Waals surface area contributed by atoms with Crippen LogP contribution in [0.2, 0.25) is 5.02 Å². The SMILES string of the molecule is CCn1nc(C)c(Cl)c1CC(C)(O)c1ccc(C)c(F)c1. The van der Waals surface area contributed by atoms with Gasteiger partial charge in [-0.15, -0.1) is 0 Å². The lowest BCUT2D eigenvalue weighted by atomic mass is 9.90. The zero-order valence-electron chi connectivity index (χ0n) is 12.7. The molecule has 1 aromatic carbocycles. The Bertz CT molecular complexity index is 665. The molecule has 114 valence electrons. The molecule has 5 heteroatoms. The van der Waals surface area contributed by atoms with Gasteiger partial charge < -0.3 is 5.11 Å². The molecule has 0 aliphatic carbocycles. The van der Waals surface area contributed by atoms with Crippen LogP contribution in [0, 0.1) is 19.7 Å². The maximum absolute atomic E-state index is 13.7. The Morgan fingerprint density at radius 3 is 2.62 bits per heavy atom. The maximum Gasteiger partial charge on any atom is 0.126 e. The Labute approximate surface area is 129 Å². The van der Waals surface area contributed by atoms with Gasteiger partial charge in [0.15, 0.2) is 0 Å². The minimum Gasteiger partial charge on any atom is -0.385 e. The summed E-state index contributed by atoms with van der Waals surface area (Å²) in [5.41, 5.74) is 1.38. The van der Waals surface area contributed by atoms with E-state index in [-0.39, 0.29) is 12.2 Å². The van der Waals surface area contributed by atoms with Crippen LogP contribution in [0.15, 0.2) is 18.2 Å². The van der Waals surface area contributed by atoms with E-state index < -0.39 is 5.60 Å². The fraction of sp³-hybridized carbons (Fsp3) is 0.438. The Kier molecular flexibility index (Phi) is 4.40. The molecule has 2 aromatic rings. The van der Waals surface area contributed by atoms with Crippen molar-refractivity contribution >= 4 is 11.6 Å². The topological polar surface area (TPSA) is 38.0 Å². The smallest absolute Gasteiger partial charge is 0.126 e. The first-order chi connectivity index (χ1) is 9.76. The molecule has 21 heavy (non-hydrogen) atoms.